The van der Waals surface area contributed by atoms with Crippen LogP contribution in [0.5, 0.6) is 11.5 Å². The van der Waals surface area contributed by atoms with Gasteiger partial charge in [0.25, 0.3) is 0 Å². The second-order valence-electron chi connectivity index (χ2n) is 7.26. The van der Waals surface area contributed by atoms with Gasteiger partial charge in [0.15, 0.2) is 11.0 Å². The topological polar surface area (TPSA) is 78.3 Å². The minimum atomic E-state index is 0.0000198. The van der Waals surface area contributed by atoms with E-state index < -0.39 is 0 Å². The van der Waals surface area contributed by atoms with Crippen LogP contribution in [0, 0.1) is 6.92 Å². The monoisotopic (exact) mass is 458 g/mol. The number of carbonyl (C=O) groups is 1. The van der Waals surface area contributed by atoms with Gasteiger partial charge in [-0.15, -0.1) is 10.2 Å². The molecule has 1 saturated carbocycles. The molecule has 1 aromatic heterocycles. The van der Waals surface area contributed by atoms with Crippen molar-refractivity contribution >= 4 is 29.3 Å². The van der Waals surface area contributed by atoms with E-state index >= 15 is 0 Å². The van der Waals surface area contributed by atoms with Gasteiger partial charge < -0.3 is 14.8 Å². The van der Waals surface area contributed by atoms with Gasteiger partial charge in [0.2, 0.25) is 5.91 Å². The molecule has 4 rings (SSSR count). The van der Waals surface area contributed by atoms with E-state index in [0.717, 1.165) is 29.8 Å². The normalized spacial score (nSPS) is 13.1. The molecule has 1 amide bonds. The molecule has 9 heteroatoms. The Labute approximate surface area is 190 Å². The number of hydrogen-bond donors (Lipinski definition) is 1. The summed E-state index contributed by atoms with van der Waals surface area (Å²) in [6.45, 7) is 2.16. The second kappa shape index (κ2) is 9.62. The fourth-order valence-corrected chi connectivity index (χ4v) is 3.87. The molecular formula is C22H23ClN4O3S. The third-order valence-corrected chi connectivity index (χ3v) is 6.15. The van der Waals surface area contributed by atoms with Crippen molar-refractivity contribution in [1.82, 2.24) is 20.1 Å². The number of nitrogens with one attached hydrogen (secondary N) is 1. The van der Waals surface area contributed by atoms with E-state index in [4.69, 9.17) is 21.1 Å². The van der Waals surface area contributed by atoms with Gasteiger partial charge in [0.05, 0.1) is 18.6 Å². The predicted molar refractivity (Wildman–Crippen MR) is 120 cm³/mol. The first-order valence-corrected chi connectivity index (χ1v) is 11.3. The Morgan fingerprint density at radius 2 is 1.94 bits per heavy atom. The van der Waals surface area contributed by atoms with Crippen LogP contribution in [0.2, 0.25) is 5.02 Å². The average Bonchev–Trinajstić information content (AvgIpc) is 3.50. The van der Waals surface area contributed by atoms with Gasteiger partial charge in [0, 0.05) is 11.1 Å². The van der Waals surface area contributed by atoms with Gasteiger partial charge in [0.1, 0.15) is 18.1 Å². The highest BCUT2D eigenvalue weighted by Crippen LogP contribution is 2.27. The molecule has 7 nitrogen and oxygen atoms in total. The van der Waals surface area contributed by atoms with Gasteiger partial charge in [-0.05, 0) is 61.7 Å². The van der Waals surface area contributed by atoms with Gasteiger partial charge in [-0.2, -0.15) is 0 Å². The Kier molecular flexibility index (Phi) is 6.67. The first-order valence-electron chi connectivity index (χ1n) is 9.93. The smallest absolute Gasteiger partial charge is 0.230 e. The van der Waals surface area contributed by atoms with Crippen molar-refractivity contribution in [2.75, 3.05) is 12.9 Å². The van der Waals surface area contributed by atoms with Crippen molar-refractivity contribution < 1.29 is 14.3 Å². The average molecular weight is 459 g/mol. The third-order valence-electron chi connectivity index (χ3n) is 4.82. The molecule has 1 aliphatic carbocycles. The Morgan fingerprint density at radius 1 is 1.19 bits per heavy atom. The summed E-state index contributed by atoms with van der Waals surface area (Å²) in [4.78, 5) is 12.1. The van der Waals surface area contributed by atoms with Crippen molar-refractivity contribution in [3.8, 4) is 17.2 Å². The predicted octanol–water partition coefficient (Wildman–Crippen LogP) is 4.19. The number of methoxy groups -OCH3 is 1. The van der Waals surface area contributed by atoms with Crippen molar-refractivity contribution in [3.05, 3.63) is 58.9 Å². The maximum Gasteiger partial charge on any atom is 0.230 e. The molecule has 2 aromatic carbocycles. The van der Waals surface area contributed by atoms with Crippen molar-refractivity contribution in [2.45, 2.75) is 37.6 Å². The fraction of sp³-hybridized carbons (Fsp3) is 0.318. The number of amides is 1. The number of aromatic nitrogens is 3. The molecule has 0 unspecified atom stereocenters. The Hall–Kier alpha value is -2.71. The van der Waals surface area contributed by atoms with Crippen molar-refractivity contribution in [1.29, 1.82) is 0 Å². The number of thioether (sulfide) groups is 1. The number of carbonyl (C=O) groups excluding carboxylic acids is 1. The third kappa shape index (κ3) is 5.51. The van der Waals surface area contributed by atoms with Crippen LogP contribution in [-0.4, -0.2) is 39.6 Å². The molecular weight excluding hydrogens is 436 g/mol. The highest BCUT2D eigenvalue weighted by atomic mass is 35.5. The zero-order chi connectivity index (χ0) is 21.8. The van der Waals surface area contributed by atoms with Crippen LogP contribution < -0.4 is 14.8 Å². The van der Waals surface area contributed by atoms with Crippen LogP contribution >= 0.6 is 23.4 Å². The van der Waals surface area contributed by atoms with Gasteiger partial charge >= 0.3 is 0 Å². The summed E-state index contributed by atoms with van der Waals surface area (Å²) in [5.41, 5.74) is 1.80. The first-order chi connectivity index (χ1) is 15.0. The molecule has 162 valence electrons. The molecule has 0 bridgehead atoms. The van der Waals surface area contributed by atoms with Crippen LogP contribution in [0.1, 0.15) is 24.2 Å². The molecule has 1 fully saturated rings. The van der Waals surface area contributed by atoms with E-state index in [2.05, 4.69) is 15.5 Å². The van der Waals surface area contributed by atoms with E-state index in [0.29, 0.717) is 27.8 Å². The largest absolute Gasteiger partial charge is 0.497 e. The molecule has 1 aliphatic rings. The fourth-order valence-electron chi connectivity index (χ4n) is 2.91. The summed E-state index contributed by atoms with van der Waals surface area (Å²) in [5, 5.41) is 12.9. The summed E-state index contributed by atoms with van der Waals surface area (Å²) < 4.78 is 13.0. The van der Waals surface area contributed by atoms with E-state index in [1.807, 2.05) is 54.0 Å². The van der Waals surface area contributed by atoms with E-state index in [9.17, 15) is 4.79 Å². The number of rotatable bonds is 9. The van der Waals surface area contributed by atoms with Gasteiger partial charge in [-0.1, -0.05) is 29.4 Å². The molecule has 1 heterocycles. The lowest BCUT2D eigenvalue weighted by atomic mass is 10.2. The molecule has 31 heavy (non-hydrogen) atoms. The van der Waals surface area contributed by atoms with Gasteiger partial charge in [-0.3, -0.25) is 9.36 Å². The van der Waals surface area contributed by atoms with Crippen LogP contribution in [0.4, 0.5) is 0 Å². The Balaban J connectivity index is 1.54. The second-order valence-corrected chi connectivity index (χ2v) is 8.61. The zero-order valence-electron chi connectivity index (χ0n) is 17.3. The molecule has 0 radical (unpaired) electrons. The molecule has 0 saturated heterocycles. The highest BCUT2D eigenvalue weighted by Gasteiger charge is 2.24. The highest BCUT2D eigenvalue weighted by molar-refractivity contribution is 7.99. The van der Waals surface area contributed by atoms with Crippen LogP contribution in [0.3, 0.4) is 0 Å². The number of aryl methyl sites for hydroxylation is 1. The number of benzene rings is 2. The summed E-state index contributed by atoms with van der Waals surface area (Å²) in [7, 11) is 1.62. The molecule has 0 aliphatic heterocycles. The van der Waals surface area contributed by atoms with Crippen LogP contribution in [0.15, 0.2) is 47.6 Å². The lowest BCUT2D eigenvalue weighted by molar-refractivity contribution is -0.118. The van der Waals surface area contributed by atoms with E-state index in [-0.39, 0.29) is 18.3 Å². The minimum Gasteiger partial charge on any atom is -0.497 e. The molecule has 1 N–H and O–H groups in total. The lowest BCUT2D eigenvalue weighted by Gasteiger charge is -2.12. The summed E-state index contributed by atoms with van der Waals surface area (Å²) >= 11 is 7.70. The summed E-state index contributed by atoms with van der Waals surface area (Å²) in [6.07, 6.45) is 2.11. The molecule has 0 atom stereocenters. The van der Waals surface area contributed by atoms with Crippen molar-refractivity contribution in [3.63, 3.8) is 0 Å². The summed E-state index contributed by atoms with van der Waals surface area (Å²) in [6, 6.07) is 13.4. The number of halogens is 1. The van der Waals surface area contributed by atoms with Crippen LogP contribution in [0.25, 0.3) is 5.69 Å². The molecule has 3 aromatic rings. The Morgan fingerprint density at radius 3 is 2.61 bits per heavy atom. The number of hydrogen-bond acceptors (Lipinski definition) is 6. The van der Waals surface area contributed by atoms with E-state index in [1.165, 1.54) is 11.8 Å². The number of ether oxygens (including phenoxy) is 2. The maximum absolute atomic E-state index is 12.1. The summed E-state index contributed by atoms with van der Waals surface area (Å²) in [5.74, 6) is 2.33. The SMILES string of the molecule is COc1ccc(OCc2nnc(SCC(=O)NC3CC3)n2-c2ccc(C)c(Cl)c2)cc1. The van der Waals surface area contributed by atoms with Crippen LogP contribution in [-0.2, 0) is 11.4 Å². The number of nitrogens with zero attached hydrogens (tertiary/aromatic N) is 3. The minimum absolute atomic E-state index is 0.0000198. The maximum atomic E-state index is 12.1. The lowest BCUT2D eigenvalue weighted by Crippen LogP contribution is -2.27. The standard InChI is InChI=1S/C22H23ClN4O3S/c1-14-3-6-16(11-19(14)23)27-20(12-30-18-9-7-17(29-2)8-10-18)25-26-22(27)31-13-21(28)24-15-4-5-15/h3,6-11,15H,4-5,12-13H2,1-2H3,(H,24,28). The van der Waals surface area contributed by atoms with E-state index in [1.54, 1.807) is 7.11 Å². The first kappa shape index (κ1) is 21.5. The molecule has 0 spiro atoms. The Bertz CT molecular complexity index is 1070. The quantitative estimate of drug-likeness (QED) is 0.484. The van der Waals surface area contributed by atoms with Gasteiger partial charge in [-0.25, -0.2) is 0 Å². The van der Waals surface area contributed by atoms with Crippen molar-refractivity contribution in [2.24, 2.45) is 0 Å². The zero-order valence-corrected chi connectivity index (χ0v) is 18.9.